The second-order valence-corrected chi connectivity index (χ2v) is 6.47. The van der Waals surface area contributed by atoms with Gasteiger partial charge in [0.05, 0.1) is 0 Å². The molecule has 0 saturated heterocycles. The molecular weight excluding hydrogens is 300 g/mol. The first kappa shape index (κ1) is 20.5. The summed E-state index contributed by atoms with van der Waals surface area (Å²) >= 11 is 0. The van der Waals surface area contributed by atoms with E-state index in [1.165, 1.54) is 31.2 Å². The van der Waals surface area contributed by atoms with Gasteiger partial charge in [0.25, 0.3) is 0 Å². The Balaban J connectivity index is 2.14. The average Bonchev–Trinajstić information content (AvgIpc) is 2.57. The largest absolute Gasteiger partial charge is 0.381 e. The Labute approximate surface area is 147 Å². The fourth-order valence-electron chi connectivity index (χ4n) is 2.58. The summed E-state index contributed by atoms with van der Waals surface area (Å²) < 4.78 is 5.75. The van der Waals surface area contributed by atoms with Crippen LogP contribution >= 0.6 is 0 Å². The molecule has 0 aromatic heterocycles. The van der Waals surface area contributed by atoms with Gasteiger partial charge in [-0.05, 0) is 49.8 Å². The summed E-state index contributed by atoms with van der Waals surface area (Å²) in [5.41, 5.74) is 3.15. The maximum atomic E-state index is 11.9. The van der Waals surface area contributed by atoms with Crippen LogP contribution in [-0.2, 0) is 4.74 Å². The van der Waals surface area contributed by atoms with E-state index in [9.17, 15) is 4.79 Å². The number of hydrogen-bond donors (Lipinski definition) is 2. The predicted octanol–water partition coefficient (Wildman–Crippen LogP) is 5.05. The Morgan fingerprint density at radius 1 is 1.21 bits per heavy atom. The standard InChI is InChI=1S/C20H34N2O2/c1-5-7-11-18(6-2)15-24-14-9-13-21-20(23)22-19-12-8-10-16(3)17(19)4/h8,10,12,18H,5-7,9,11,13-15H2,1-4H3,(H2,21,22,23). The van der Waals surface area contributed by atoms with Gasteiger partial charge in [0, 0.05) is 25.4 Å². The van der Waals surface area contributed by atoms with Gasteiger partial charge >= 0.3 is 6.03 Å². The van der Waals surface area contributed by atoms with E-state index in [-0.39, 0.29) is 6.03 Å². The highest BCUT2D eigenvalue weighted by atomic mass is 16.5. The zero-order valence-electron chi connectivity index (χ0n) is 15.8. The third-order valence-electron chi connectivity index (χ3n) is 4.50. The normalized spacial score (nSPS) is 12.0. The molecule has 4 nitrogen and oxygen atoms in total. The van der Waals surface area contributed by atoms with Crippen molar-refractivity contribution in [2.75, 3.05) is 25.1 Å². The van der Waals surface area contributed by atoms with Crippen LogP contribution in [0.3, 0.4) is 0 Å². The molecule has 0 bridgehead atoms. The molecule has 0 saturated carbocycles. The van der Waals surface area contributed by atoms with Crippen molar-refractivity contribution in [1.82, 2.24) is 5.32 Å². The van der Waals surface area contributed by atoms with Crippen molar-refractivity contribution in [3.63, 3.8) is 0 Å². The lowest BCUT2D eigenvalue weighted by Gasteiger charge is -2.15. The van der Waals surface area contributed by atoms with E-state index in [0.29, 0.717) is 19.1 Å². The van der Waals surface area contributed by atoms with Crippen molar-refractivity contribution >= 4 is 11.7 Å². The third kappa shape index (κ3) is 7.82. The maximum Gasteiger partial charge on any atom is 0.319 e. The summed E-state index contributed by atoms with van der Waals surface area (Å²) in [6.07, 6.45) is 5.79. The number of nitrogens with one attached hydrogen (secondary N) is 2. The minimum Gasteiger partial charge on any atom is -0.381 e. The summed E-state index contributed by atoms with van der Waals surface area (Å²) in [5, 5.41) is 5.79. The van der Waals surface area contributed by atoms with E-state index >= 15 is 0 Å². The highest BCUT2D eigenvalue weighted by Gasteiger charge is 2.07. The van der Waals surface area contributed by atoms with Crippen LogP contribution in [0.2, 0.25) is 0 Å². The molecule has 0 aliphatic rings. The summed E-state index contributed by atoms with van der Waals surface area (Å²) in [5.74, 6) is 0.672. The maximum absolute atomic E-state index is 11.9. The van der Waals surface area contributed by atoms with E-state index in [4.69, 9.17) is 4.74 Å². The molecule has 0 fully saturated rings. The molecule has 0 aliphatic carbocycles. The monoisotopic (exact) mass is 334 g/mol. The molecule has 1 rings (SSSR count). The highest BCUT2D eigenvalue weighted by Crippen LogP contribution is 2.17. The summed E-state index contributed by atoms with van der Waals surface area (Å²) in [4.78, 5) is 11.9. The molecular formula is C20H34N2O2. The van der Waals surface area contributed by atoms with Crippen LogP contribution in [0.25, 0.3) is 0 Å². The van der Waals surface area contributed by atoms with E-state index in [2.05, 4.69) is 24.5 Å². The van der Waals surface area contributed by atoms with Gasteiger partial charge in [-0.2, -0.15) is 0 Å². The summed E-state index contributed by atoms with van der Waals surface area (Å²) in [7, 11) is 0. The quantitative estimate of drug-likeness (QED) is 0.556. The van der Waals surface area contributed by atoms with E-state index < -0.39 is 0 Å². The molecule has 0 aliphatic heterocycles. The number of urea groups is 1. The molecule has 0 spiro atoms. The Kier molecular flexibility index (Phi) is 10.2. The van der Waals surface area contributed by atoms with Gasteiger partial charge in [-0.3, -0.25) is 0 Å². The zero-order valence-corrected chi connectivity index (χ0v) is 15.8. The first-order chi connectivity index (χ1) is 11.6. The number of rotatable bonds is 11. The highest BCUT2D eigenvalue weighted by molar-refractivity contribution is 5.90. The lowest BCUT2D eigenvalue weighted by molar-refractivity contribution is 0.0925. The molecule has 1 atom stereocenters. The van der Waals surface area contributed by atoms with Crippen molar-refractivity contribution in [2.24, 2.45) is 5.92 Å². The SMILES string of the molecule is CCCCC(CC)COCCCNC(=O)Nc1cccc(C)c1C. The number of aryl methyl sites for hydroxylation is 1. The Morgan fingerprint density at radius 3 is 2.71 bits per heavy atom. The fourth-order valence-corrected chi connectivity index (χ4v) is 2.58. The van der Waals surface area contributed by atoms with Gasteiger partial charge in [-0.15, -0.1) is 0 Å². The van der Waals surface area contributed by atoms with Crippen molar-refractivity contribution in [2.45, 2.75) is 59.8 Å². The van der Waals surface area contributed by atoms with Crippen LogP contribution in [0, 0.1) is 19.8 Å². The van der Waals surface area contributed by atoms with Crippen molar-refractivity contribution < 1.29 is 9.53 Å². The summed E-state index contributed by atoms with van der Waals surface area (Å²) in [6.45, 7) is 10.7. The lowest BCUT2D eigenvalue weighted by Crippen LogP contribution is -2.30. The van der Waals surface area contributed by atoms with Crippen LogP contribution in [0.1, 0.15) is 57.1 Å². The molecule has 1 aromatic carbocycles. The third-order valence-corrected chi connectivity index (χ3v) is 4.50. The number of anilines is 1. The molecule has 136 valence electrons. The first-order valence-electron chi connectivity index (χ1n) is 9.27. The molecule has 2 amide bonds. The second-order valence-electron chi connectivity index (χ2n) is 6.47. The fraction of sp³-hybridized carbons (Fsp3) is 0.650. The second kappa shape index (κ2) is 11.9. The predicted molar refractivity (Wildman–Crippen MR) is 102 cm³/mol. The molecule has 1 aromatic rings. The molecule has 0 radical (unpaired) electrons. The average molecular weight is 335 g/mol. The number of benzene rings is 1. The van der Waals surface area contributed by atoms with Crippen molar-refractivity contribution in [3.8, 4) is 0 Å². The number of amides is 2. The van der Waals surface area contributed by atoms with Crippen molar-refractivity contribution in [3.05, 3.63) is 29.3 Å². The molecule has 1 unspecified atom stereocenters. The van der Waals surface area contributed by atoms with Gasteiger partial charge in [0.2, 0.25) is 0 Å². The van der Waals surface area contributed by atoms with E-state index in [0.717, 1.165) is 24.3 Å². The van der Waals surface area contributed by atoms with Gasteiger partial charge in [-0.25, -0.2) is 4.79 Å². The Hall–Kier alpha value is -1.55. The topological polar surface area (TPSA) is 50.4 Å². The molecule has 0 heterocycles. The minimum absolute atomic E-state index is 0.155. The zero-order chi connectivity index (χ0) is 17.8. The van der Waals surface area contributed by atoms with Gasteiger partial charge in [0.15, 0.2) is 0 Å². The van der Waals surface area contributed by atoms with Gasteiger partial charge in [-0.1, -0.05) is 45.2 Å². The Bertz CT molecular complexity index is 489. The molecule has 4 heteroatoms. The smallest absolute Gasteiger partial charge is 0.319 e. The van der Waals surface area contributed by atoms with Crippen LogP contribution < -0.4 is 10.6 Å². The first-order valence-corrected chi connectivity index (χ1v) is 9.27. The van der Waals surface area contributed by atoms with Crippen LogP contribution in [0.5, 0.6) is 0 Å². The van der Waals surface area contributed by atoms with Gasteiger partial charge in [0.1, 0.15) is 0 Å². The van der Waals surface area contributed by atoms with Crippen LogP contribution in [0.15, 0.2) is 18.2 Å². The number of carbonyl (C=O) groups is 1. The molecule has 24 heavy (non-hydrogen) atoms. The van der Waals surface area contributed by atoms with E-state index in [1.807, 2.05) is 32.0 Å². The minimum atomic E-state index is -0.155. The Morgan fingerprint density at radius 2 is 2.00 bits per heavy atom. The number of unbranched alkanes of at least 4 members (excludes halogenated alkanes) is 1. The summed E-state index contributed by atoms with van der Waals surface area (Å²) in [6, 6.07) is 5.76. The lowest BCUT2D eigenvalue weighted by atomic mass is 10.0. The number of carbonyl (C=O) groups excluding carboxylic acids is 1. The van der Waals surface area contributed by atoms with Crippen molar-refractivity contribution in [1.29, 1.82) is 0 Å². The molecule has 2 N–H and O–H groups in total. The van der Waals surface area contributed by atoms with Gasteiger partial charge < -0.3 is 15.4 Å². The van der Waals surface area contributed by atoms with Crippen LogP contribution in [0.4, 0.5) is 10.5 Å². The number of hydrogen-bond acceptors (Lipinski definition) is 2. The number of ether oxygens (including phenoxy) is 1. The van der Waals surface area contributed by atoms with E-state index in [1.54, 1.807) is 0 Å². The van der Waals surface area contributed by atoms with Crippen LogP contribution in [-0.4, -0.2) is 25.8 Å².